The van der Waals surface area contributed by atoms with Crippen molar-refractivity contribution >= 4 is 17.0 Å². The van der Waals surface area contributed by atoms with E-state index in [-0.39, 0.29) is 30.9 Å². The first kappa shape index (κ1) is 25.3. The molecule has 0 radical (unpaired) electrons. The maximum absolute atomic E-state index is 6.58. The van der Waals surface area contributed by atoms with Gasteiger partial charge in [0.15, 0.2) is 36.1 Å². The Hall–Kier alpha value is -2.67. The van der Waals surface area contributed by atoms with Crippen LogP contribution < -0.4 is 5.73 Å². The molecule has 0 amide bonds. The van der Waals surface area contributed by atoms with Gasteiger partial charge in [0, 0.05) is 18.2 Å². The predicted octanol–water partition coefficient (Wildman–Crippen LogP) is 3.39. The number of anilines is 1. The highest BCUT2D eigenvalue weighted by Gasteiger charge is 2.56. The van der Waals surface area contributed by atoms with Crippen LogP contribution in [0.1, 0.15) is 57.6 Å². The van der Waals surface area contributed by atoms with Gasteiger partial charge in [-0.25, -0.2) is 15.0 Å². The largest absolute Gasteiger partial charge is 0.382 e. The summed E-state index contributed by atoms with van der Waals surface area (Å²) < 4.78 is 33.0. The smallest absolute Gasteiger partial charge is 0.189 e. The van der Waals surface area contributed by atoms with Crippen molar-refractivity contribution in [2.75, 3.05) is 19.3 Å². The van der Waals surface area contributed by atoms with E-state index >= 15 is 0 Å². The molecule has 0 bridgehead atoms. The Morgan fingerprint density at radius 3 is 2.56 bits per heavy atom. The van der Waals surface area contributed by atoms with Crippen LogP contribution in [0.2, 0.25) is 0 Å². The van der Waals surface area contributed by atoms with Gasteiger partial charge < -0.3 is 34.3 Å². The number of likely N-dealkylation sites (N-methyl/N-ethyl adjacent to an activating group) is 1. The van der Waals surface area contributed by atoms with E-state index in [0.29, 0.717) is 28.9 Å². The van der Waals surface area contributed by atoms with Crippen LogP contribution in [0.5, 0.6) is 0 Å². The highest BCUT2D eigenvalue weighted by Crippen LogP contribution is 2.45. The number of aromatic nitrogens is 4. The zero-order valence-electron chi connectivity index (χ0n) is 22.6. The van der Waals surface area contributed by atoms with Crippen LogP contribution in [0.4, 0.5) is 5.82 Å². The van der Waals surface area contributed by atoms with E-state index in [0.717, 1.165) is 24.9 Å². The number of hydrogen-bond donors (Lipinski definition) is 1. The van der Waals surface area contributed by atoms with E-state index in [1.54, 1.807) is 6.33 Å². The fraction of sp³-hybridized carbons (Fsp3) is 0.607. The molecular weight excluding hydrogens is 500 g/mol. The molecule has 0 unspecified atom stereocenters. The molecule has 2 aromatic heterocycles. The van der Waals surface area contributed by atoms with E-state index in [1.807, 2.05) is 48.7 Å². The molecule has 1 aromatic carbocycles. The number of nitrogen functional groups attached to an aromatic ring is 1. The van der Waals surface area contributed by atoms with Gasteiger partial charge >= 0.3 is 0 Å². The average Bonchev–Trinajstić information content (AvgIpc) is 3.52. The molecule has 1 aliphatic carbocycles. The molecule has 4 atom stereocenters. The van der Waals surface area contributed by atoms with Gasteiger partial charge in [0.25, 0.3) is 0 Å². The van der Waals surface area contributed by atoms with Gasteiger partial charge in [-0.05, 0) is 52.5 Å². The summed E-state index contributed by atoms with van der Waals surface area (Å²) in [5.74, 6) is 0.350. The summed E-state index contributed by atoms with van der Waals surface area (Å²) in [6.07, 6.45) is 6.22. The van der Waals surface area contributed by atoms with Crippen molar-refractivity contribution in [3.05, 3.63) is 48.5 Å². The second kappa shape index (κ2) is 9.76. The number of nitrogens with two attached hydrogens (primary N) is 1. The van der Waals surface area contributed by atoms with Crippen molar-refractivity contribution in [2.45, 2.75) is 88.5 Å². The maximum atomic E-state index is 6.58. The molecule has 0 spiro atoms. The molecule has 3 aromatic rings. The molecular formula is C28H36N6O5. The van der Waals surface area contributed by atoms with Crippen molar-refractivity contribution in [2.24, 2.45) is 5.92 Å². The van der Waals surface area contributed by atoms with Crippen LogP contribution >= 0.6 is 0 Å². The van der Waals surface area contributed by atoms with Gasteiger partial charge in [0.1, 0.15) is 30.2 Å². The SMILES string of the molecule is CN(C[C@H]1O[C@@H](n2cnc3c(N)ncnc32)[C@@H]2OC(C)(C)O[C@@H]21)C1CC(CCC2OC(c3ccccc3)O2)C1. The van der Waals surface area contributed by atoms with E-state index in [9.17, 15) is 0 Å². The normalized spacial score (nSPS) is 35.2. The lowest BCUT2D eigenvalue weighted by Crippen LogP contribution is -2.48. The second-order valence-electron chi connectivity index (χ2n) is 11.7. The van der Waals surface area contributed by atoms with E-state index in [1.165, 1.54) is 19.2 Å². The molecule has 39 heavy (non-hydrogen) atoms. The molecule has 4 aliphatic rings. The molecule has 11 heteroatoms. The van der Waals surface area contributed by atoms with Crippen molar-refractivity contribution < 1.29 is 23.7 Å². The Balaban J connectivity index is 0.929. The molecule has 2 N–H and O–H groups in total. The molecule has 3 aliphatic heterocycles. The highest BCUT2D eigenvalue weighted by molar-refractivity contribution is 5.81. The van der Waals surface area contributed by atoms with Gasteiger partial charge in [-0.15, -0.1) is 0 Å². The van der Waals surface area contributed by atoms with Crippen LogP contribution in [-0.4, -0.2) is 74.4 Å². The van der Waals surface area contributed by atoms with Crippen LogP contribution in [0.3, 0.4) is 0 Å². The fourth-order valence-corrected chi connectivity index (χ4v) is 6.38. The summed E-state index contributed by atoms with van der Waals surface area (Å²) in [6.45, 7) is 4.65. The van der Waals surface area contributed by atoms with Crippen LogP contribution in [-0.2, 0) is 23.7 Å². The quantitative estimate of drug-likeness (QED) is 0.459. The molecule has 208 valence electrons. The first-order valence-electron chi connectivity index (χ1n) is 13.8. The monoisotopic (exact) mass is 536 g/mol. The number of fused-ring (bicyclic) bond motifs is 2. The molecule has 3 saturated heterocycles. The highest BCUT2D eigenvalue weighted by atomic mass is 16.9. The zero-order valence-corrected chi connectivity index (χ0v) is 22.6. The lowest BCUT2D eigenvalue weighted by molar-refractivity contribution is -0.392. The van der Waals surface area contributed by atoms with Gasteiger partial charge in [-0.1, -0.05) is 30.3 Å². The zero-order chi connectivity index (χ0) is 26.7. The Labute approximate surface area is 227 Å². The summed E-state index contributed by atoms with van der Waals surface area (Å²) in [5.41, 5.74) is 8.28. The van der Waals surface area contributed by atoms with Crippen LogP contribution in [0.25, 0.3) is 11.2 Å². The number of benzene rings is 1. The summed E-state index contributed by atoms with van der Waals surface area (Å²) in [4.78, 5) is 15.3. The fourth-order valence-electron chi connectivity index (χ4n) is 6.38. The number of imidazole rings is 1. The minimum Gasteiger partial charge on any atom is -0.382 e. The molecule has 7 rings (SSSR count). The summed E-state index contributed by atoms with van der Waals surface area (Å²) in [7, 11) is 2.18. The second-order valence-corrected chi connectivity index (χ2v) is 11.7. The van der Waals surface area contributed by atoms with Crippen molar-refractivity contribution in [3.63, 3.8) is 0 Å². The number of hydrogen-bond acceptors (Lipinski definition) is 10. The maximum Gasteiger partial charge on any atom is 0.189 e. The molecule has 11 nitrogen and oxygen atoms in total. The van der Waals surface area contributed by atoms with Gasteiger partial charge in [-0.3, -0.25) is 4.57 Å². The van der Waals surface area contributed by atoms with E-state index in [4.69, 9.17) is 29.4 Å². The van der Waals surface area contributed by atoms with E-state index in [2.05, 4.69) is 26.9 Å². The summed E-state index contributed by atoms with van der Waals surface area (Å²) in [6, 6.07) is 10.6. The van der Waals surface area contributed by atoms with Gasteiger partial charge in [-0.2, -0.15) is 0 Å². The van der Waals surface area contributed by atoms with Gasteiger partial charge in [0.2, 0.25) is 0 Å². The first-order chi connectivity index (χ1) is 18.8. The van der Waals surface area contributed by atoms with Crippen LogP contribution in [0, 0.1) is 5.92 Å². The molecule has 5 heterocycles. The summed E-state index contributed by atoms with van der Waals surface area (Å²) >= 11 is 0. The lowest BCUT2D eigenvalue weighted by Gasteiger charge is -2.43. The van der Waals surface area contributed by atoms with Crippen molar-refractivity contribution in [3.8, 4) is 0 Å². The number of rotatable bonds is 8. The van der Waals surface area contributed by atoms with Crippen molar-refractivity contribution in [1.29, 1.82) is 0 Å². The number of ether oxygens (including phenoxy) is 5. The average molecular weight is 537 g/mol. The van der Waals surface area contributed by atoms with E-state index < -0.39 is 12.0 Å². The third kappa shape index (κ3) is 4.71. The minimum absolute atomic E-state index is 0.0875. The molecule has 1 saturated carbocycles. The Morgan fingerprint density at radius 1 is 1.00 bits per heavy atom. The number of nitrogens with zero attached hydrogens (tertiary/aromatic N) is 5. The third-order valence-corrected chi connectivity index (χ3v) is 8.52. The standard InChI is InChI=1S/C28H36N6O5/c1-28(2)38-22-19(35-26(23(22)39-28)34-15-32-21-24(29)30-14-31-25(21)34)13-33(3)18-11-16(12-18)9-10-20-36-27(37-20)17-7-5-4-6-8-17/h4-8,14-16,18-20,22-23,26-27H,9-13H2,1-3H3,(H2,29,30,31)/t16?,18?,19-,20?,22-,23-,26-,27?/m1/s1. The van der Waals surface area contributed by atoms with Crippen LogP contribution in [0.15, 0.2) is 43.0 Å². The lowest BCUT2D eigenvalue weighted by atomic mass is 9.76. The Kier molecular flexibility index (Phi) is 6.33. The first-order valence-corrected chi connectivity index (χ1v) is 13.8. The molecule has 4 fully saturated rings. The Bertz CT molecular complexity index is 1310. The predicted molar refractivity (Wildman–Crippen MR) is 141 cm³/mol. The summed E-state index contributed by atoms with van der Waals surface area (Å²) in [5, 5.41) is 0. The third-order valence-electron chi connectivity index (χ3n) is 8.52. The minimum atomic E-state index is -0.689. The van der Waals surface area contributed by atoms with Gasteiger partial charge in [0.05, 0.1) is 6.33 Å². The topological polar surface area (TPSA) is 119 Å². The van der Waals surface area contributed by atoms with Crippen molar-refractivity contribution in [1.82, 2.24) is 24.4 Å². The Morgan fingerprint density at radius 2 is 1.77 bits per heavy atom.